The van der Waals surface area contributed by atoms with Crippen molar-refractivity contribution in [2.45, 2.75) is 33.6 Å². The van der Waals surface area contributed by atoms with Crippen LogP contribution in [0.3, 0.4) is 0 Å². The molecule has 0 amide bonds. The highest BCUT2D eigenvalue weighted by molar-refractivity contribution is 6.26. The fourth-order valence-electron chi connectivity index (χ4n) is 1.96. The Labute approximate surface area is 116 Å². The molecule has 2 nitrogen and oxygen atoms in total. The lowest BCUT2D eigenvalue weighted by atomic mass is 9.81. The second-order valence-electron chi connectivity index (χ2n) is 5.12. The van der Waals surface area contributed by atoms with Crippen molar-refractivity contribution in [2.75, 3.05) is 12.5 Å². The molecule has 0 aromatic heterocycles. The van der Waals surface area contributed by atoms with E-state index in [-0.39, 0.29) is 17.8 Å². The number of carbonyl (C=O) groups excluding carboxylic acids is 1. The molecule has 0 rings (SSSR count). The van der Waals surface area contributed by atoms with Crippen molar-refractivity contribution in [2.24, 2.45) is 17.8 Å². The van der Waals surface area contributed by atoms with Gasteiger partial charge in [0.25, 0.3) is 0 Å². The number of carbonyl (C=O) groups is 1. The predicted octanol–water partition coefficient (Wildman–Crippen LogP) is 4.20. The number of hydrogen-bond acceptors (Lipinski definition) is 2. The lowest BCUT2D eigenvalue weighted by Crippen LogP contribution is -2.26. The maximum Gasteiger partial charge on any atom is 0.320 e. The zero-order chi connectivity index (χ0) is 14.1. The molecule has 0 fully saturated rings. The topological polar surface area (TPSA) is 26.3 Å². The number of alkyl halides is 1. The van der Waals surface area contributed by atoms with Crippen LogP contribution in [0.4, 0.5) is 0 Å². The van der Waals surface area contributed by atoms with Crippen LogP contribution in [0.2, 0.25) is 0 Å². The van der Waals surface area contributed by atoms with Gasteiger partial charge >= 0.3 is 5.97 Å². The van der Waals surface area contributed by atoms with Gasteiger partial charge in [-0.25, -0.2) is 0 Å². The third kappa shape index (κ3) is 6.85. The van der Waals surface area contributed by atoms with Gasteiger partial charge in [-0.05, 0) is 31.6 Å². The third-order valence-corrected chi connectivity index (χ3v) is 3.38. The Hall–Kier alpha value is -0.760. The van der Waals surface area contributed by atoms with E-state index in [1.165, 1.54) is 5.57 Å². The minimum atomic E-state index is -0.356. The summed E-state index contributed by atoms with van der Waals surface area (Å²) in [5, 5.41) is 0. The fourth-order valence-corrected chi connectivity index (χ4v) is 2.04. The van der Waals surface area contributed by atoms with E-state index in [4.69, 9.17) is 16.3 Å². The predicted molar refractivity (Wildman–Crippen MR) is 77.7 cm³/mol. The molecule has 2 atom stereocenters. The second-order valence-corrected chi connectivity index (χ2v) is 5.39. The maximum atomic E-state index is 11.1. The molecule has 104 valence electrons. The highest BCUT2D eigenvalue weighted by atomic mass is 35.5. The zero-order valence-corrected chi connectivity index (χ0v) is 12.5. The quantitative estimate of drug-likeness (QED) is 0.357. The Morgan fingerprint density at radius 3 is 2.44 bits per heavy atom. The Balaban J connectivity index is 4.47. The van der Waals surface area contributed by atoms with Crippen molar-refractivity contribution in [1.29, 1.82) is 0 Å². The summed E-state index contributed by atoms with van der Waals surface area (Å²) in [6.07, 6.45) is 3.94. The minimum Gasteiger partial charge on any atom is -0.464 e. The number of ether oxygens (including phenoxy) is 1. The van der Waals surface area contributed by atoms with E-state index in [0.29, 0.717) is 18.4 Å². The van der Waals surface area contributed by atoms with Crippen molar-refractivity contribution < 1.29 is 9.53 Å². The summed E-state index contributed by atoms with van der Waals surface area (Å²) in [6.45, 7) is 14.5. The summed E-state index contributed by atoms with van der Waals surface area (Å²) >= 11 is 5.42. The van der Waals surface area contributed by atoms with Crippen LogP contribution >= 0.6 is 11.6 Å². The molecular weight excluding hydrogens is 248 g/mol. The molecule has 0 spiro atoms. The SMILES string of the molecule is C=C[C@H](CCC(=C)C)[C@@H](COC(=O)CCl)C(C)C. The van der Waals surface area contributed by atoms with Crippen LogP contribution in [0.5, 0.6) is 0 Å². The van der Waals surface area contributed by atoms with Crippen molar-refractivity contribution in [1.82, 2.24) is 0 Å². The van der Waals surface area contributed by atoms with Gasteiger partial charge in [0.1, 0.15) is 5.88 Å². The molecule has 3 heteroatoms. The number of halogens is 1. The summed E-state index contributed by atoms with van der Waals surface area (Å²) in [7, 11) is 0. The van der Waals surface area contributed by atoms with Gasteiger partial charge in [0.05, 0.1) is 6.61 Å². The van der Waals surface area contributed by atoms with Gasteiger partial charge in [0.2, 0.25) is 0 Å². The first-order valence-corrected chi connectivity index (χ1v) is 6.94. The van der Waals surface area contributed by atoms with Crippen LogP contribution in [-0.2, 0) is 9.53 Å². The molecule has 0 unspecified atom stereocenters. The van der Waals surface area contributed by atoms with Gasteiger partial charge < -0.3 is 4.74 Å². The maximum absolute atomic E-state index is 11.1. The lowest BCUT2D eigenvalue weighted by molar-refractivity contribution is -0.142. The molecular formula is C15H25ClO2. The molecule has 0 aliphatic heterocycles. The van der Waals surface area contributed by atoms with Gasteiger partial charge in [0.15, 0.2) is 0 Å². The first-order chi connectivity index (χ1) is 8.42. The Morgan fingerprint density at radius 2 is 2.06 bits per heavy atom. The number of allylic oxidation sites excluding steroid dienone is 2. The number of rotatable bonds is 9. The second kappa shape index (κ2) is 9.21. The van der Waals surface area contributed by atoms with Gasteiger partial charge in [-0.1, -0.05) is 25.5 Å². The van der Waals surface area contributed by atoms with Crippen molar-refractivity contribution in [3.8, 4) is 0 Å². The van der Waals surface area contributed by atoms with Crippen LogP contribution < -0.4 is 0 Å². The summed E-state index contributed by atoms with van der Waals surface area (Å²) in [5.41, 5.74) is 1.17. The third-order valence-electron chi connectivity index (χ3n) is 3.16. The highest BCUT2D eigenvalue weighted by Gasteiger charge is 2.23. The average molecular weight is 273 g/mol. The minimum absolute atomic E-state index is 0.0880. The first-order valence-electron chi connectivity index (χ1n) is 6.40. The van der Waals surface area contributed by atoms with Crippen LogP contribution in [0.25, 0.3) is 0 Å². The summed E-state index contributed by atoms with van der Waals surface area (Å²) in [5.74, 6) is 0.611. The molecule has 0 radical (unpaired) electrons. The van der Waals surface area contributed by atoms with E-state index in [2.05, 4.69) is 27.0 Å². The summed E-state index contributed by atoms with van der Waals surface area (Å²) in [6, 6.07) is 0. The molecule has 0 saturated heterocycles. The van der Waals surface area contributed by atoms with E-state index in [0.717, 1.165) is 12.8 Å². The molecule has 0 aliphatic rings. The van der Waals surface area contributed by atoms with Crippen molar-refractivity contribution in [3.05, 3.63) is 24.8 Å². The lowest BCUT2D eigenvalue weighted by Gasteiger charge is -2.27. The zero-order valence-electron chi connectivity index (χ0n) is 11.7. The molecule has 0 aromatic carbocycles. The Morgan fingerprint density at radius 1 is 1.44 bits per heavy atom. The van der Waals surface area contributed by atoms with E-state index >= 15 is 0 Å². The summed E-state index contributed by atoms with van der Waals surface area (Å²) in [4.78, 5) is 11.1. The fraction of sp³-hybridized carbons (Fsp3) is 0.667. The molecule has 0 bridgehead atoms. The van der Waals surface area contributed by atoms with Gasteiger partial charge in [-0.15, -0.1) is 24.8 Å². The van der Waals surface area contributed by atoms with Crippen molar-refractivity contribution in [3.63, 3.8) is 0 Å². The van der Waals surface area contributed by atoms with Gasteiger partial charge in [0, 0.05) is 5.92 Å². The van der Waals surface area contributed by atoms with E-state index in [1.54, 1.807) is 0 Å². The number of esters is 1. The van der Waals surface area contributed by atoms with E-state index in [1.807, 2.05) is 13.0 Å². The molecule has 0 saturated carbocycles. The molecule has 0 N–H and O–H groups in total. The standard InChI is InChI=1S/C15H25ClO2/c1-6-13(8-7-11(2)3)14(12(4)5)10-18-15(17)9-16/h6,12-14H,1-2,7-10H2,3-5H3/t13-,14+/m1/s1. The van der Waals surface area contributed by atoms with Crippen LogP contribution in [0.15, 0.2) is 24.8 Å². The van der Waals surface area contributed by atoms with Gasteiger partial charge in [-0.3, -0.25) is 4.79 Å². The van der Waals surface area contributed by atoms with Crippen LogP contribution in [-0.4, -0.2) is 18.5 Å². The molecule has 0 aromatic rings. The Bertz CT molecular complexity index is 284. The molecule has 0 heterocycles. The normalized spacial score (nSPS) is 14.1. The number of hydrogen-bond donors (Lipinski definition) is 0. The highest BCUT2D eigenvalue weighted by Crippen LogP contribution is 2.27. The van der Waals surface area contributed by atoms with E-state index in [9.17, 15) is 4.79 Å². The first kappa shape index (κ1) is 17.2. The smallest absolute Gasteiger partial charge is 0.320 e. The van der Waals surface area contributed by atoms with Crippen molar-refractivity contribution >= 4 is 17.6 Å². The summed E-state index contributed by atoms with van der Waals surface area (Å²) < 4.78 is 5.16. The monoisotopic (exact) mass is 272 g/mol. The van der Waals surface area contributed by atoms with E-state index < -0.39 is 0 Å². The molecule has 18 heavy (non-hydrogen) atoms. The van der Waals surface area contributed by atoms with Crippen LogP contribution in [0.1, 0.15) is 33.6 Å². The largest absolute Gasteiger partial charge is 0.464 e. The van der Waals surface area contributed by atoms with Gasteiger partial charge in [-0.2, -0.15) is 0 Å². The molecule has 0 aliphatic carbocycles. The average Bonchev–Trinajstić information content (AvgIpc) is 2.31. The Kier molecular flexibility index (Phi) is 8.82. The van der Waals surface area contributed by atoms with Crippen LogP contribution in [0, 0.1) is 17.8 Å².